The molecule has 0 aromatic heterocycles. The Bertz CT molecular complexity index is 305. The van der Waals surface area contributed by atoms with Gasteiger partial charge in [0.15, 0.2) is 5.75 Å². The Kier molecular flexibility index (Phi) is 4.07. The van der Waals surface area contributed by atoms with Crippen LogP contribution in [-0.4, -0.2) is 13.1 Å². The quantitative estimate of drug-likeness (QED) is 0.316. The molecule has 0 aliphatic rings. The summed E-state index contributed by atoms with van der Waals surface area (Å²) in [6.45, 7) is 0. The van der Waals surface area contributed by atoms with Gasteiger partial charge in [0.25, 0.3) is 0 Å². The highest BCUT2D eigenvalue weighted by atomic mass is 17.2. The van der Waals surface area contributed by atoms with Crippen LogP contribution in [-0.2, 0) is 14.4 Å². The van der Waals surface area contributed by atoms with Gasteiger partial charge in [0.2, 0.25) is 0 Å². The van der Waals surface area contributed by atoms with Gasteiger partial charge >= 0.3 is 5.97 Å². The van der Waals surface area contributed by atoms with Crippen molar-refractivity contribution in [1.29, 1.82) is 0 Å². The molecule has 14 heavy (non-hydrogen) atoms. The number of hydrogen-bond donors (Lipinski definition) is 0. The number of rotatable bonds is 4. The first-order valence-corrected chi connectivity index (χ1v) is 3.96. The molecule has 0 atom stereocenters. The van der Waals surface area contributed by atoms with E-state index in [2.05, 4.69) is 9.62 Å². The Morgan fingerprint density at radius 3 is 2.64 bits per heavy atom. The van der Waals surface area contributed by atoms with Crippen molar-refractivity contribution < 1.29 is 19.3 Å². The Morgan fingerprint density at radius 1 is 1.29 bits per heavy atom. The van der Waals surface area contributed by atoms with Crippen LogP contribution >= 0.6 is 0 Å². The molecule has 0 bridgehead atoms. The van der Waals surface area contributed by atoms with Crippen LogP contribution in [0.15, 0.2) is 42.7 Å². The molecule has 74 valence electrons. The minimum absolute atomic E-state index is 0.465. The molecular weight excluding hydrogens is 184 g/mol. The van der Waals surface area contributed by atoms with Crippen molar-refractivity contribution in [3.05, 3.63) is 42.7 Å². The predicted molar refractivity (Wildman–Crippen MR) is 49.3 cm³/mol. The van der Waals surface area contributed by atoms with Gasteiger partial charge in [0.1, 0.15) is 0 Å². The molecule has 0 fully saturated rings. The maximum Gasteiger partial charge on any atom is 0.382 e. The number of carbonyl (C=O) groups is 1. The molecule has 0 saturated heterocycles. The fourth-order valence-electron chi connectivity index (χ4n) is 0.717. The van der Waals surface area contributed by atoms with Gasteiger partial charge in [-0.3, -0.25) is 4.89 Å². The van der Waals surface area contributed by atoms with Crippen molar-refractivity contribution in [1.82, 2.24) is 0 Å². The van der Waals surface area contributed by atoms with E-state index in [0.717, 1.165) is 6.08 Å². The monoisotopic (exact) mass is 194 g/mol. The minimum atomic E-state index is -0.629. The third-order valence-electron chi connectivity index (χ3n) is 1.30. The molecule has 0 saturated carbocycles. The molecule has 1 aromatic rings. The first-order valence-electron chi connectivity index (χ1n) is 3.96. The molecule has 0 unspecified atom stereocenters. The molecule has 1 rings (SSSR count). The molecule has 0 heterocycles. The second-order valence-electron chi connectivity index (χ2n) is 2.34. The number of benzene rings is 1. The summed E-state index contributed by atoms with van der Waals surface area (Å²) in [5.74, 6) is -0.164. The zero-order valence-electron chi connectivity index (χ0n) is 7.67. The topological polar surface area (TPSA) is 44.8 Å². The first-order chi connectivity index (χ1) is 6.83. The van der Waals surface area contributed by atoms with Gasteiger partial charge in [-0.25, -0.2) is 9.68 Å². The zero-order chi connectivity index (χ0) is 10.2. The van der Waals surface area contributed by atoms with Crippen LogP contribution in [0.2, 0.25) is 0 Å². The van der Waals surface area contributed by atoms with Crippen molar-refractivity contribution >= 4 is 5.97 Å². The van der Waals surface area contributed by atoms with E-state index in [1.54, 1.807) is 24.3 Å². The normalized spacial score (nSPS) is 9.79. The standard InChI is InChI=1S/C10H10O4/c1-12-8-7-10(11)14-13-9-5-3-2-4-6-9/h2-8H,1H3. The number of ether oxygens (including phenoxy) is 1. The molecular formula is C10H10O4. The lowest BCUT2D eigenvalue weighted by atomic mass is 10.3. The lowest BCUT2D eigenvalue weighted by molar-refractivity contribution is -0.207. The van der Waals surface area contributed by atoms with Gasteiger partial charge in [-0.05, 0) is 12.1 Å². The van der Waals surface area contributed by atoms with Crippen molar-refractivity contribution in [2.75, 3.05) is 7.11 Å². The van der Waals surface area contributed by atoms with Crippen molar-refractivity contribution in [2.45, 2.75) is 0 Å². The number of carbonyl (C=O) groups excluding carboxylic acids is 1. The summed E-state index contributed by atoms with van der Waals surface area (Å²) in [6, 6.07) is 8.72. The average Bonchev–Trinajstić information content (AvgIpc) is 2.25. The fourth-order valence-corrected chi connectivity index (χ4v) is 0.717. The largest absolute Gasteiger partial charge is 0.504 e. The second-order valence-corrected chi connectivity index (χ2v) is 2.34. The maximum absolute atomic E-state index is 10.9. The van der Waals surface area contributed by atoms with Crippen molar-refractivity contribution in [3.63, 3.8) is 0 Å². The maximum atomic E-state index is 10.9. The molecule has 1 aromatic carbocycles. The van der Waals surface area contributed by atoms with E-state index >= 15 is 0 Å². The highest BCUT2D eigenvalue weighted by Crippen LogP contribution is 2.08. The Morgan fingerprint density at radius 2 is 2.00 bits per heavy atom. The van der Waals surface area contributed by atoms with E-state index in [0.29, 0.717) is 5.75 Å². The van der Waals surface area contributed by atoms with Gasteiger partial charge in [0, 0.05) is 0 Å². The van der Waals surface area contributed by atoms with E-state index < -0.39 is 5.97 Å². The molecule has 0 radical (unpaired) electrons. The van der Waals surface area contributed by atoms with Gasteiger partial charge < -0.3 is 4.74 Å². The van der Waals surface area contributed by atoms with Crippen LogP contribution in [0.5, 0.6) is 5.75 Å². The highest BCUT2D eigenvalue weighted by Gasteiger charge is 1.99. The van der Waals surface area contributed by atoms with Gasteiger partial charge in [0.05, 0.1) is 19.4 Å². The van der Waals surface area contributed by atoms with Crippen molar-refractivity contribution in [3.8, 4) is 5.75 Å². The van der Waals surface area contributed by atoms with Crippen LogP contribution in [0, 0.1) is 0 Å². The van der Waals surface area contributed by atoms with E-state index in [1.165, 1.54) is 13.4 Å². The first kappa shape index (κ1) is 10.1. The lowest BCUT2D eigenvalue weighted by Crippen LogP contribution is -2.04. The molecule has 0 aliphatic carbocycles. The molecule has 0 spiro atoms. The summed E-state index contributed by atoms with van der Waals surface area (Å²) in [7, 11) is 1.43. The fraction of sp³-hybridized carbons (Fsp3) is 0.100. The zero-order valence-corrected chi connectivity index (χ0v) is 7.67. The lowest BCUT2D eigenvalue weighted by Gasteiger charge is -2.00. The highest BCUT2D eigenvalue weighted by molar-refractivity contribution is 5.81. The molecule has 0 N–H and O–H groups in total. The van der Waals surface area contributed by atoms with E-state index in [9.17, 15) is 4.79 Å². The Balaban J connectivity index is 2.34. The minimum Gasteiger partial charge on any atom is -0.504 e. The summed E-state index contributed by atoms with van der Waals surface area (Å²) in [5.41, 5.74) is 0. The summed E-state index contributed by atoms with van der Waals surface area (Å²) < 4.78 is 4.53. The smallest absolute Gasteiger partial charge is 0.382 e. The molecule has 0 aliphatic heterocycles. The summed E-state index contributed by atoms with van der Waals surface area (Å²) in [6.07, 6.45) is 2.32. The molecule has 4 nitrogen and oxygen atoms in total. The van der Waals surface area contributed by atoms with Crippen molar-refractivity contribution in [2.24, 2.45) is 0 Å². The van der Waals surface area contributed by atoms with Crippen LogP contribution in [0.4, 0.5) is 0 Å². The third-order valence-corrected chi connectivity index (χ3v) is 1.30. The number of methoxy groups -OCH3 is 1. The van der Waals surface area contributed by atoms with Gasteiger partial charge in [-0.2, -0.15) is 0 Å². The molecule has 0 amide bonds. The molecule has 4 heteroatoms. The summed E-state index contributed by atoms with van der Waals surface area (Å²) >= 11 is 0. The van der Waals surface area contributed by atoms with Gasteiger partial charge in [-0.15, -0.1) is 0 Å². The van der Waals surface area contributed by atoms with Gasteiger partial charge in [-0.1, -0.05) is 18.2 Å². The summed E-state index contributed by atoms with van der Waals surface area (Å²) in [4.78, 5) is 20.0. The van der Waals surface area contributed by atoms with E-state index in [4.69, 9.17) is 4.89 Å². The van der Waals surface area contributed by atoms with E-state index in [-0.39, 0.29) is 0 Å². The average molecular weight is 194 g/mol. The van der Waals surface area contributed by atoms with Crippen LogP contribution in [0.25, 0.3) is 0 Å². The Labute approximate surface area is 81.6 Å². The Hall–Kier alpha value is -1.97. The third kappa shape index (κ3) is 3.62. The number of para-hydroxylation sites is 1. The SMILES string of the molecule is COC=CC(=O)OOc1ccccc1. The number of hydrogen-bond acceptors (Lipinski definition) is 4. The predicted octanol–water partition coefficient (Wildman–Crippen LogP) is 1.68. The second kappa shape index (κ2) is 5.64. The van der Waals surface area contributed by atoms with Crippen LogP contribution in [0.3, 0.4) is 0 Å². The van der Waals surface area contributed by atoms with Crippen LogP contribution < -0.4 is 4.89 Å². The summed E-state index contributed by atoms with van der Waals surface area (Å²) in [5, 5.41) is 0. The van der Waals surface area contributed by atoms with Crippen LogP contribution in [0.1, 0.15) is 0 Å². The van der Waals surface area contributed by atoms with E-state index in [1.807, 2.05) is 6.07 Å².